The van der Waals surface area contributed by atoms with E-state index in [-0.39, 0.29) is 6.61 Å². The molecule has 126 valence electrons. The number of nitrogens with zero attached hydrogens (tertiary/aromatic N) is 3. The lowest BCUT2D eigenvalue weighted by Crippen LogP contribution is -2.08. The zero-order valence-electron chi connectivity index (χ0n) is 13.5. The lowest BCUT2D eigenvalue weighted by Gasteiger charge is -2.12. The molecule has 6 nitrogen and oxygen atoms in total. The van der Waals surface area contributed by atoms with Gasteiger partial charge in [-0.2, -0.15) is 14.9 Å². The van der Waals surface area contributed by atoms with E-state index in [4.69, 9.17) is 21.7 Å². The van der Waals surface area contributed by atoms with Gasteiger partial charge in [0.25, 0.3) is 0 Å². The number of hydrogen-bond acceptors (Lipinski definition) is 5. The Bertz CT molecular complexity index is 794. The number of nitrogens with one attached hydrogen (secondary N) is 1. The summed E-state index contributed by atoms with van der Waals surface area (Å²) in [5.74, 6) is 2.52. The van der Waals surface area contributed by atoms with Crippen LogP contribution in [0.5, 0.6) is 11.5 Å². The topological polar surface area (TPSA) is 64.4 Å². The van der Waals surface area contributed by atoms with Gasteiger partial charge in [-0.05, 0) is 49.5 Å². The molecule has 0 bridgehead atoms. The monoisotopic (exact) mass is 344 g/mol. The Morgan fingerprint density at radius 2 is 2.29 bits per heavy atom. The molecule has 7 heteroatoms. The van der Waals surface area contributed by atoms with E-state index in [1.165, 1.54) is 0 Å². The summed E-state index contributed by atoms with van der Waals surface area (Å²) in [4.78, 5) is 0. The van der Waals surface area contributed by atoms with Gasteiger partial charge in [-0.3, -0.25) is 0 Å². The highest BCUT2D eigenvalue weighted by Crippen LogP contribution is 2.20. The number of rotatable bonds is 6. The first-order valence-corrected chi connectivity index (χ1v) is 8.29. The molecule has 3 rings (SSSR count). The maximum Gasteiger partial charge on any atom is 0.216 e. The number of aromatic nitrogens is 3. The molecule has 24 heavy (non-hydrogen) atoms. The van der Waals surface area contributed by atoms with Crippen LogP contribution in [0.1, 0.15) is 25.1 Å². The van der Waals surface area contributed by atoms with Crippen molar-refractivity contribution in [2.45, 2.75) is 25.9 Å². The lowest BCUT2D eigenvalue weighted by molar-refractivity contribution is 0.288. The van der Waals surface area contributed by atoms with E-state index in [0.29, 0.717) is 22.3 Å². The Kier molecular flexibility index (Phi) is 5.43. The van der Waals surface area contributed by atoms with Gasteiger partial charge in [0.1, 0.15) is 18.1 Å². The fourth-order valence-corrected chi connectivity index (χ4v) is 2.69. The van der Waals surface area contributed by atoms with Crippen molar-refractivity contribution in [3.8, 4) is 11.5 Å². The second-order valence-corrected chi connectivity index (χ2v) is 5.92. The third-order valence-electron chi connectivity index (χ3n) is 3.83. The van der Waals surface area contributed by atoms with E-state index in [1.807, 2.05) is 30.5 Å². The second-order valence-electron chi connectivity index (χ2n) is 5.53. The van der Waals surface area contributed by atoms with E-state index in [9.17, 15) is 0 Å². The maximum atomic E-state index is 5.77. The minimum absolute atomic E-state index is 0.266. The van der Waals surface area contributed by atoms with Crippen LogP contribution in [0, 0.1) is 10.7 Å². The highest BCUT2D eigenvalue weighted by Gasteiger charge is 2.09. The molecule has 0 saturated carbocycles. The standard InChI is InChI=1S/C17H20N4O2S/c1-22-14-8-5-9-15(10-14)23-12-16-19-20-17(24)21(16)18-11-13-6-3-2-4-7-13/h2-3,5,8-11,13H,4,6-7,12H2,1H3,(H,20,24)/b18-11-/t13-/m0/s1. The Morgan fingerprint density at radius 3 is 3.08 bits per heavy atom. The quantitative estimate of drug-likeness (QED) is 0.493. The van der Waals surface area contributed by atoms with Gasteiger partial charge in [0.15, 0.2) is 5.82 Å². The summed E-state index contributed by atoms with van der Waals surface area (Å²) in [5, 5.41) is 11.5. The molecule has 0 radical (unpaired) electrons. The molecule has 0 amide bonds. The van der Waals surface area contributed by atoms with Gasteiger partial charge in [-0.25, -0.2) is 5.10 Å². The molecule has 1 aliphatic carbocycles. The van der Waals surface area contributed by atoms with Crippen molar-refractivity contribution in [2.24, 2.45) is 11.0 Å². The smallest absolute Gasteiger partial charge is 0.216 e. The van der Waals surface area contributed by atoms with Crippen LogP contribution in [0.15, 0.2) is 41.5 Å². The molecular formula is C17H20N4O2S. The van der Waals surface area contributed by atoms with Crippen molar-refractivity contribution in [3.63, 3.8) is 0 Å². The summed E-state index contributed by atoms with van der Waals surface area (Å²) >= 11 is 5.25. The van der Waals surface area contributed by atoms with Gasteiger partial charge in [-0.15, -0.1) is 0 Å². The van der Waals surface area contributed by atoms with Crippen LogP contribution in [0.25, 0.3) is 0 Å². The molecule has 1 N–H and O–H groups in total. The van der Waals surface area contributed by atoms with Crippen molar-refractivity contribution < 1.29 is 9.47 Å². The van der Waals surface area contributed by atoms with E-state index < -0.39 is 0 Å². The highest BCUT2D eigenvalue weighted by molar-refractivity contribution is 7.71. The van der Waals surface area contributed by atoms with E-state index in [2.05, 4.69) is 27.5 Å². The zero-order chi connectivity index (χ0) is 16.8. The van der Waals surface area contributed by atoms with Crippen LogP contribution in [-0.2, 0) is 6.61 Å². The van der Waals surface area contributed by atoms with Gasteiger partial charge in [-0.1, -0.05) is 18.2 Å². The first kappa shape index (κ1) is 16.4. The third kappa shape index (κ3) is 4.11. The number of H-pyrrole nitrogens is 1. The summed E-state index contributed by atoms with van der Waals surface area (Å²) < 4.78 is 13.0. The fraction of sp³-hybridized carbons (Fsp3) is 0.353. The molecule has 1 aromatic carbocycles. The molecule has 1 atom stereocenters. The number of allylic oxidation sites excluding steroid dienone is 2. The fourth-order valence-electron chi connectivity index (χ4n) is 2.49. The van der Waals surface area contributed by atoms with Crippen LogP contribution in [0.2, 0.25) is 0 Å². The van der Waals surface area contributed by atoms with Crippen molar-refractivity contribution in [3.05, 3.63) is 47.0 Å². The SMILES string of the molecule is COc1cccc(OCc2n[nH]c(=S)n2/N=C\[C@H]2CC=CCC2)c1. The molecule has 0 aliphatic heterocycles. The average molecular weight is 344 g/mol. The van der Waals surface area contributed by atoms with Crippen molar-refractivity contribution in [2.75, 3.05) is 7.11 Å². The number of hydrogen-bond donors (Lipinski definition) is 1. The largest absolute Gasteiger partial charge is 0.497 e. The van der Waals surface area contributed by atoms with Gasteiger partial charge in [0, 0.05) is 12.3 Å². The summed E-state index contributed by atoms with van der Waals surface area (Å²) in [6.45, 7) is 0.266. The Labute approximate surface area is 145 Å². The summed E-state index contributed by atoms with van der Waals surface area (Å²) in [5.41, 5.74) is 0. The Hall–Kier alpha value is -2.41. The number of methoxy groups -OCH3 is 1. The molecule has 0 unspecified atom stereocenters. The van der Waals surface area contributed by atoms with Crippen LogP contribution in [-0.4, -0.2) is 28.2 Å². The van der Waals surface area contributed by atoms with Crippen LogP contribution in [0.3, 0.4) is 0 Å². The van der Waals surface area contributed by atoms with Crippen molar-refractivity contribution in [1.82, 2.24) is 14.9 Å². The molecule has 1 heterocycles. The Balaban J connectivity index is 1.69. The number of benzene rings is 1. The first-order valence-electron chi connectivity index (χ1n) is 7.89. The molecular weight excluding hydrogens is 324 g/mol. The minimum Gasteiger partial charge on any atom is -0.497 e. The predicted molar refractivity (Wildman–Crippen MR) is 95.1 cm³/mol. The molecule has 2 aromatic rings. The zero-order valence-corrected chi connectivity index (χ0v) is 14.3. The number of aromatic amines is 1. The maximum absolute atomic E-state index is 5.77. The van der Waals surface area contributed by atoms with Crippen molar-refractivity contribution in [1.29, 1.82) is 0 Å². The Morgan fingerprint density at radius 1 is 1.42 bits per heavy atom. The summed E-state index contributed by atoms with van der Waals surface area (Å²) in [6, 6.07) is 7.43. The first-order chi connectivity index (χ1) is 11.8. The normalized spacial score (nSPS) is 17.3. The van der Waals surface area contributed by atoms with Gasteiger partial charge in [0.2, 0.25) is 4.77 Å². The molecule has 0 fully saturated rings. The van der Waals surface area contributed by atoms with Gasteiger partial charge < -0.3 is 9.47 Å². The van der Waals surface area contributed by atoms with E-state index in [0.717, 1.165) is 25.0 Å². The van der Waals surface area contributed by atoms with E-state index >= 15 is 0 Å². The minimum atomic E-state index is 0.266. The second kappa shape index (κ2) is 7.92. The van der Waals surface area contributed by atoms with Crippen LogP contribution in [0.4, 0.5) is 0 Å². The molecule has 1 aromatic heterocycles. The van der Waals surface area contributed by atoms with Gasteiger partial charge in [0.05, 0.1) is 7.11 Å². The van der Waals surface area contributed by atoms with Crippen molar-refractivity contribution >= 4 is 18.4 Å². The molecule has 0 saturated heterocycles. The molecule has 0 spiro atoms. The number of ether oxygens (including phenoxy) is 2. The van der Waals surface area contributed by atoms with Crippen LogP contribution >= 0.6 is 12.2 Å². The molecule has 1 aliphatic rings. The third-order valence-corrected chi connectivity index (χ3v) is 4.09. The lowest BCUT2D eigenvalue weighted by atomic mass is 9.96. The average Bonchev–Trinajstić information content (AvgIpc) is 2.99. The summed E-state index contributed by atoms with van der Waals surface area (Å²) in [6.07, 6.45) is 9.58. The van der Waals surface area contributed by atoms with E-state index in [1.54, 1.807) is 11.8 Å². The van der Waals surface area contributed by atoms with Crippen LogP contribution < -0.4 is 9.47 Å². The summed E-state index contributed by atoms with van der Waals surface area (Å²) in [7, 11) is 1.62. The predicted octanol–water partition coefficient (Wildman–Crippen LogP) is 3.72. The van der Waals surface area contributed by atoms with Gasteiger partial charge >= 0.3 is 0 Å². The highest BCUT2D eigenvalue weighted by atomic mass is 32.1.